The first-order valence-corrected chi connectivity index (χ1v) is 2.39. The number of nitrogens with zero attached hydrogens (tertiary/aromatic N) is 2. The lowest BCUT2D eigenvalue weighted by Crippen LogP contribution is -1.86. The van der Waals surface area contributed by atoms with Crippen molar-refractivity contribution in [2.24, 2.45) is 7.05 Å². The van der Waals surface area contributed by atoms with Crippen molar-refractivity contribution in [3.8, 4) is 5.75 Å². The number of aromatic nitrogens is 2. The van der Waals surface area contributed by atoms with Gasteiger partial charge in [-0.1, -0.05) is 0 Å². The molecular formula is C5H8N2O. The van der Waals surface area contributed by atoms with Gasteiger partial charge in [0.05, 0.1) is 6.20 Å². The highest BCUT2D eigenvalue weighted by Crippen LogP contribution is 2.10. The number of aryl methyl sites for hydroxylation is 2. The van der Waals surface area contributed by atoms with Gasteiger partial charge in [0.15, 0.2) is 5.75 Å². The van der Waals surface area contributed by atoms with Crippen LogP contribution in [0.3, 0.4) is 0 Å². The van der Waals surface area contributed by atoms with E-state index < -0.39 is 0 Å². The number of hydrogen-bond acceptors (Lipinski definition) is 2. The molecule has 0 atom stereocenters. The Morgan fingerprint density at radius 3 is 2.50 bits per heavy atom. The van der Waals surface area contributed by atoms with Gasteiger partial charge in [-0.3, -0.25) is 4.68 Å². The first-order valence-electron chi connectivity index (χ1n) is 2.39. The fourth-order valence-corrected chi connectivity index (χ4v) is 0.587. The van der Waals surface area contributed by atoms with Crippen LogP contribution in [-0.2, 0) is 7.05 Å². The zero-order valence-electron chi connectivity index (χ0n) is 4.92. The van der Waals surface area contributed by atoms with Gasteiger partial charge >= 0.3 is 0 Å². The van der Waals surface area contributed by atoms with E-state index >= 15 is 0 Å². The van der Waals surface area contributed by atoms with Crippen molar-refractivity contribution < 1.29 is 5.11 Å². The van der Waals surface area contributed by atoms with E-state index in [0.717, 1.165) is 0 Å². The van der Waals surface area contributed by atoms with Crippen LogP contribution in [0.15, 0.2) is 6.20 Å². The molecule has 1 heterocycles. The van der Waals surface area contributed by atoms with Gasteiger partial charge in [0, 0.05) is 7.05 Å². The minimum atomic E-state index is 0.257. The predicted molar refractivity (Wildman–Crippen MR) is 29.6 cm³/mol. The average molecular weight is 112 g/mol. The minimum Gasteiger partial charge on any atom is -0.504 e. The maximum atomic E-state index is 8.86. The Morgan fingerprint density at radius 2 is 2.38 bits per heavy atom. The largest absolute Gasteiger partial charge is 0.504 e. The fraction of sp³-hybridized carbons (Fsp3) is 0.400. The van der Waals surface area contributed by atoms with Crippen molar-refractivity contribution in [2.45, 2.75) is 6.92 Å². The van der Waals surface area contributed by atoms with Gasteiger partial charge < -0.3 is 5.11 Å². The Morgan fingerprint density at radius 1 is 1.75 bits per heavy atom. The van der Waals surface area contributed by atoms with E-state index in [4.69, 9.17) is 5.11 Å². The molecule has 0 amide bonds. The SMILES string of the molecule is Cc1nn(C)cc1O. The molecule has 0 saturated heterocycles. The molecule has 0 unspecified atom stereocenters. The minimum absolute atomic E-state index is 0.257. The van der Waals surface area contributed by atoms with Gasteiger partial charge in [-0.25, -0.2) is 0 Å². The molecule has 0 saturated carbocycles. The molecule has 1 aromatic heterocycles. The van der Waals surface area contributed by atoms with E-state index in [1.54, 1.807) is 24.9 Å². The van der Waals surface area contributed by atoms with Gasteiger partial charge in [-0.2, -0.15) is 5.10 Å². The molecule has 1 N–H and O–H groups in total. The second kappa shape index (κ2) is 1.51. The van der Waals surface area contributed by atoms with Gasteiger partial charge in [-0.05, 0) is 6.92 Å². The first kappa shape index (κ1) is 5.15. The molecule has 8 heavy (non-hydrogen) atoms. The van der Waals surface area contributed by atoms with Crippen LogP contribution >= 0.6 is 0 Å². The van der Waals surface area contributed by atoms with E-state index in [-0.39, 0.29) is 5.75 Å². The molecule has 0 radical (unpaired) electrons. The molecule has 0 aliphatic heterocycles. The maximum absolute atomic E-state index is 8.86. The summed E-state index contributed by atoms with van der Waals surface area (Å²) in [6.07, 6.45) is 1.56. The van der Waals surface area contributed by atoms with Crippen LogP contribution in [0.2, 0.25) is 0 Å². The molecule has 44 valence electrons. The van der Waals surface area contributed by atoms with E-state index in [1.807, 2.05) is 0 Å². The Labute approximate surface area is 47.6 Å². The summed E-state index contributed by atoms with van der Waals surface area (Å²) in [5.74, 6) is 0.257. The molecule has 0 spiro atoms. The standard InChI is InChI=1S/C5H8N2O/c1-4-5(8)3-7(2)6-4/h3,8H,1-2H3. The van der Waals surface area contributed by atoms with Crippen LogP contribution in [0.4, 0.5) is 0 Å². The summed E-state index contributed by atoms with van der Waals surface area (Å²) in [4.78, 5) is 0. The zero-order valence-corrected chi connectivity index (χ0v) is 4.92. The van der Waals surface area contributed by atoms with E-state index in [9.17, 15) is 0 Å². The third-order valence-electron chi connectivity index (χ3n) is 0.988. The third-order valence-corrected chi connectivity index (χ3v) is 0.988. The Kier molecular flexibility index (Phi) is 0.970. The average Bonchev–Trinajstić information content (AvgIpc) is 1.85. The Bertz CT molecular complexity index is 173. The second-order valence-corrected chi connectivity index (χ2v) is 1.77. The zero-order chi connectivity index (χ0) is 6.15. The number of rotatable bonds is 0. The number of aromatic hydroxyl groups is 1. The molecule has 0 aliphatic carbocycles. The maximum Gasteiger partial charge on any atom is 0.156 e. The summed E-state index contributed by atoms with van der Waals surface area (Å²) in [6.45, 7) is 1.76. The monoisotopic (exact) mass is 112 g/mol. The van der Waals surface area contributed by atoms with Crippen molar-refractivity contribution >= 4 is 0 Å². The van der Waals surface area contributed by atoms with E-state index in [2.05, 4.69) is 5.10 Å². The van der Waals surface area contributed by atoms with Crippen molar-refractivity contribution in [1.29, 1.82) is 0 Å². The van der Waals surface area contributed by atoms with Crippen molar-refractivity contribution in [3.63, 3.8) is 0 Å². The summed E-state index contributed by atoms with van der Waals surface area (Å²) in [7, 11) is 1.77. The summed E-state index contributed by atoms with van der Waals surface area (Å²) in [5, 5.41) is 12.7. The third kappa shape index (κ3) is 0.665. The van der Waals surface area contributed by atoms with Gasteiger partial charge in [0.25, 0.3) is 0 Å². The summed E-state index contributed by atoms with van der Waals surface area (Å²) in [6, 6.07) is 0. The molecule has 0 bridgehead atoms. The molecule has 3 heteroatoms. The lowest BCUT2D eigenvalue weighted by Gasteiger charge is -1.79. The molecule has 1 rings (SSSR count). The van der Waals surface area contributed by atoms with Crippen LogP contribution in [-0.4, -0.2) is 14.9 Å². The smallest absolute Gasteiger partial charge is 0.156 e. The molecule has 0 fully saturated rings. The highest BCUT2D eigenvalue weighted by atomic mass is 16.3. The lowest BCUT2D eigenvalue weighted by molar-refractivity contribution is 0.470. The molecule has 1 aromatic rings. The Hall–Kier alpha value is -0.990. The highest BCUT2D eigenvalue weighted by molar-refractivity contribution is 5.20. The highest BCUT2D eigenvalue weighted by Gasteiger charge is 1.96. The van der Waals surface area contributed by atoms with Crippen LogP contribution in [0, 0.1) is 6.92 Å². The lowest BCUT2D eigenvalue weighted by atomic mass is 10.5. The van der Waals surface area contributed by atoms with Crippen LogP contribution in [0.5, 0.6) is 5.75 Å². The summed E-state index contributed by atoms with van der Waals surface area (Å²) >= 11 is 0. The van der Waals surface area contributed by atoms with E-state index in [1.165, 1.54) is 0 Å². The van der Waals surface area contributed by atoms with Gasteiger partial charge in [-0.15, -0.1) is 0 Å². The predicted octanol–water partition coefficient (Wildman–Crippen LogP) is 0.434. The fourth-order valence-electron chi connectivity index (χ4n) is 0.587. The molecular weight excluding hydrogens is 104 g/mol. The second-order valence-electron chi connectivity index (χ2n) is 1.77. The van der Waals surface area contributed by atoms with Crippen molar-refractivity contribution in [3.05, 3.63) is 11.9 Å². The van der Waals surface area contributed by atoms with Crippen LogP contribution < -0.4 is 0 Å². The van der Waals surface area contributed by atoms with Gasteiger partial charge in [0.2, 0.25) is 0 Å². The summed E-state index contributed by atoms with van der Waals surface area (Å²) < 4.78 is 1.57. The van der Waals surface area contributed by atoms with Crippen molar-refractivity contribution in [1.82, 2.24) is 9.78 Å². The molecule has 0 aliphatic rings. The first-order chi connectivity index (χ1) is 3.70. The van der Waals surface area contributed by atoms with Crippen molar-refractivity contribution in [2.75, 3.05) is 0 Å². The topological polar surface area (TPSA) is 38.0 Å². The molecule has 3 nitrogen and oxygen atoms in total. The molecule has 0 aromatic carbocycles. The van der Waals surface area contributed by atoms with Crippen LogP contribution in [0.25, 0.3) is 0 Å². The Balaban J connectivity index is 3.14. The van der Waals surface area contributed by atoms with Crippen LogP contribution in [0.1, 0.15) is 5.69 Å². The van der Waals surface area contributed by atoms with Gasteiger partial charge in [0.1, 0.15) is 5.69 Å². The van der Waals surface area contributed by atoms with E-state index in [0.29, 0.717) is 5.69 Å². The normalized spacial score (nSPS) is 9.75. The quantitative estimate of drug-likeness (QED) is 0.528. The number of hydrogen-bond donors (Lipinski definition) is 1. The summed E-state index contributed by atoms with van der Waals surface area (Å²) in [5.41, 5.74) is 0.674.